The van der Waals surface area contributed by atoms with Crippen molar-refractivity contribution >= 4 is 23.2 Å². The molecule has 2 aromatic rings. The van der Waals surface area contributed by atoms with E-state index in [4.69, 9.17) is 28.2 Å². The van der Waals surface area contributed by atoms with E-state index in [1.165, 1.54) is 0 Å². The van der Waals surface area contributed by atoms with Crippen molar-refractivity contribution in [2.75, 3.05) is 0 Å². The Labute approximate surface area is 131 Å². The van der Waals surface area contributed by atoms with Crippen LogP contribution in [0.4, 0.5) is 0 Å². The molecule has 0 bridgehead atoms. The summed E-state index contributed by atoms with van der Waals surface area (Å²) in [4.78, 5) is 4.78. The number of benzene rings is 1. The monoisotopic (exact) mass is 307 g/mol. The van der Waals surface area contributed by atoms with Crippen molar-refractivity contribution in [2.45, 2.75) is 33.6 Å². The van der Waals surface area contributed by atoms with Gasteiger partial charge in [-0.3, -0.25) is 4.98 Å². The van der Waals surface area contributed by atoms with E-state index in [1.54, 1.807) is 6.07 Å². The fourth-order valence-corrected chi connectivity index (χ4v) is 2.25. The SMILES string of the molecule is C[C@@H](c1cccc(-c2ccc(Cl)c(Cl)c2)n1)C(C)(C)C. The molecule has 20 heavy (non-hydrogen) atoms. The Balaban J connectivity index is 2.41. The van der Waals surface area contributed by atoms with Crippen LogP contribution < -0.4 is 0 Å². The molecule has 1 nitrogen and oxygen atoms in total. The van der Waals surface area contributed by atoms with Crippen molar-refractivity contribution in [2.24, 2.45) is 5.41 Å². The van der Waals surface area contributed by atoms with Gasteiger partial charge in [-0.1, -0.05) is 63.0 Å². The Morgan fingerprint density at radius 1 is 1.00 bits per heavy atom. The molecule has 1 aromatic heterocycles. The quantitative estimate of drug-likeness (QED) is 0.643. The molecule has 0 saturated carbocycles. The summed E-state index contributed by atoms with van der Waals surface area (Å²) in [6.07, 6.45) is 0. The maximum atomic E-state index is 6.08. The van der Waals surface area contributed by atoms with Crippen LogP contribution in [0.3, 0.4) is 0 Å². The number of halogens is 2. The highest BCUT2D eigenvalue weighted by atomic mass is 35.5. The Hall–Kier alpha value is -1.05. The van der Waals surface area contributed by atoms with E-state index in [1.807, 2.05) is 24.3 Å². The van der Waals surface area contributed by atoms with Crippen LogP contribution in [-0.2, 0) is 0 Å². The zero-order valence-electron chi connectivity index (χ0n) is 12.2. The van der Waals surface area contributed by atoms with Crippen LogP contribution >= 0.6 is 23.2 Å². The zero-order chi connectivity index (χ0) is 14.9. The van der Waals surface area contributed by atoms with Gasteiger partial charge in [0.05, 0.1) is 15.7 Å². The number of hydrogen-bond donors (Lipinski definition) is 0. The molecule has 106 valence electrons. The fourth-order valence-electron chi connectivity index (χ4n) is 1.95. The zero-order valence-corrected chi connectivity index (χ0v) is 13.8. The highest BCUT2D eigenvalue weighted by Crippen LogP contribution is 2.34. The van der Waals surface area contributed by atoms with Gasteiger partial charge in [0, 0.05) is 17.2 Å². The van der Waals surface area contributed by atoms with Gasteiger partial charge in [-0.15, -0.1) is 0 Å². The van der Waals surface area contributed by atoms with Crippen molar-refractivity contribution in [1.29, 1.82) is 0 Å². The van der Waals surface area contributed by atoms with Crippen LogP contribution in [-0.4, -0.2) is 4.98 Å². The highest BCUT2D eigenvalue weighted by molar-refractivity contribution is 6.42. The molecule has 0 spiro atoms. The van der Waals surface area contributed by atoms with Gasteiger partial charge in [-0.25, -0.2) is 0 Å². The summed E-state index contributed by atoms with van der Waals surface area (Å²) in [6.45, 7) is 8.89. The molecule has 0 aliphatic carbocycles. The van der Waals surface area contributed by atoms with Gasteiger partial charge in [0.25, 0.3) is 0 Å². The van der Waals surface area contributed by atoms with Gasteiger partial charge < -0.3 is 0 Å². The molecule has 1 aromatic carbocycles. The molecule has 2 rings (SSSR count). The molecular weight excluding hydrogens is 289 g/mol. The molecule has 0 N–H and O–H groups in total. The number of aromatic nitrogens is 1. The maximum Gasteiger partial charge on any atom is 0.0705 e. The van der Waals surface area contributed by atoms with Crippen molar-refractivity contribution in [3.05, 3.63) is 52.1 Å². The Morgan fingerprint density at radius 2 is 1.70 bits per heavy atom. The topological polar surface area (TPSA) is 12.9 Å². The fraction of sp³-hybridized carbons (Fsp3) is 0.353. The van der Waals surface area contributed by atoms with Crippen LogP contribution in [0.2, 0.25) is 10.0 Å². The number of pyridine rings is 1. The summed E-state index contributed by atoms with van der Waals surface area (Å²) in [5, 5.41) is 1.12. The lowest BCUT2D eigenvalue weighted by Gasteiger charge is -2.27. The van der Waals surface area contributed by atoms with Crippen LogP contribution in [0.15, 0.2) is 36.4 Å². The second kappa shape index (κ2) is 5.75. The van der Waals surface area contributed by atoms with Gasteiger partial charge in [0.1, 0.15) is 0 Å². The Kier molecular flexibility index (Phi) is 4.41. The van der Waals surface area contributed by atoms with Crippen molar-refractivity contribution < 1.29 is 0 Å². The smallest absolute Gasteiger partial charge is 0.0705 e. The van der Waals surface area contributed by atoms with Crippen LogP contribution in [0.5, 0.6) is 0 Å². The number of nitrogens with zero attached hydrogens (tertiary/aromatic N) is 1. The van der Waals surface area contributed by atoms with Gasteiger partial charge in [-0.05, 0) is 29.7 Å². The summed E-state index contributed by atoms with van der Waals surface area (Å²) >= 11 is 12.0. The number of hydrogen-bond acceptors (Lipinski definition) is 1. The summed E-state index contributed by atoms with van der Waals surface area (Å²) in [5.74, 6) is 0.380. The number of rotatable bonds is 2. The van der Waals surface area contributed by atoms with Crippen molar-refractivity contribution in [3.8, 4) is 11.3 Å². The van der Waals surface area contributed by atoms with E-state index < -0.39 is 0 Å². The van der Waals surface area contributed by atoms with Gasteiger partial charge in [0.15, 0.2) is 0 Å². The summed E-state index contributed by atoms with van der Waals surface area (Å²) < 4.78 is 0. The summed E-state index contributed by atoms with van der Waals surface area (Å²) in [7, 11) is 0. The normalized spacial score (nSPS) is 13.3. The molecular formula is C17H19Cl2N. The average molecular weight is 308 g/mol. The second-order valence-electron chi connectivity index (χ2n) is 6.16. The molecule has 0 saturated heterocycles. The van der Waals surface area contributed by atoms with Crippen LogP contribution in [0.1, 0.15) is 39.3 Å². The Morgan fingerprint density at radius 3 is 2.30 bits per heavy atom. The standard InChI is InChI=1S/C17H19Cl2N/c1-11(17(2,3)4)15-6-5-7-16(20-15)12-8-9-13(18)14(19)10-12/h5-11H,1-4H3/t11-/m0/s1. The molecule has 0 aliphatic heterocycles. The summed E-state index contributed by atoms with van der Waals surface area (Å²) in [6, 6.07) is 11.7. The largest absolute Gasteiger partial charge is 0.253 e. The first kappa shape index (κ1) is 15.3. The van der Waals surface area contributed by atoms with Gasteiger partial charge in [-0.2, -0.15) is 0 Å². The third kappa shape index (κ3) is 3.34. The first-order chi connectivity index (χ1) is 9.29. The molecule has 0 aliphatic rings. The molecule has 0 unspecified atom stereocenters. The maximum absolute atomic E-state index is 6.08. The van der Waals surface area contributed by atoms with Crippen LogP contribution in [0, 0.1) is 5.41 Å². The minimum Gasteiger partial charge on any atom is -0.253 e. The van der Waals surface area contributed by atoms with E-state index in [9.17, 15) is 0 Å². The molecule has 0 radical (unpaired) electrons. The molecule has 0 fully saturated rings. The van der Waals surface area contributed by atoms with E-state index in [2.05, 4.69) is 33.8 Å². The predicted octanol–water partition coefficient (Wildman–Crippen LogP) is 6.21. The van der Waals surface area contributed by atoms with E-state index in [0.717, 1.165) is 17.0 Å². The van der Waals surface area contributed by atoms with Gasteiger partial charge in [0.2, 0.25) is 0 Å². The van der Waals surface area contributed by atoms with E-state index >= 15 is 0 Å². The van der Waals surface area contributed by atoms with Crippen molar-refractivity contribution in [1.82, 2.24) is 4.98 Å². The molecule has 0 amide bonds. The van der Waals surface area contributed by atoms with Crippen LogP contribution in [0.25, 0.3) is 11.3 Å². The predicted molar refractivity (Wildman–Crippen MR) is 87.6 cm³/mol. The molecule has 3 heteroatoms. The minimum atomic E-state index is 0.184. The lowest BCUT2D eigenvalue weighted by molar-refractivity contribution is 0.334. The third-order valence-corrected chi connectivity index (χ3v) is 4.47. The minimum absolute atomic E-state index is 0.184. The molecule has 1 atom stereocenters. The lowest BCUT2D eigenvalue weighted by Crippen LogP contribution is -2.16. The first-order valence-corrected chi connectivity index (χ1v) is 7.47. The van der Waals surface area contributed by atoms with E-state index in [0.29, 0.717) is 16.0 Å². The Bertz CT molecular complexity index is 615. The third-order valence-electron chi connectivity index (χ3n) is 3.73. The summed E-state index contributed by atoms with van der Waals surface area (Å²) in [5.41, 5.74) is 3.20. The van der Waals surface area contributed by atoms with Crippen molar-refractivity contribution in [3.63, 3.8) is 0 Å². The average Bonchev–Trinajstić information content (AvgIpc) is 2.40. The molecule has 1 heterocycles. The lowest BCUT2D eigenvalue weighted by atomic mass is 9.80. The highest BCUT2D eigenvalue weighted by Gasteiger charge is 2.23. The first-order valence-electron chi connectivity index (χ1n) is 6.71. The second-order valence-corrected chi connectivity index (χ2v) is 6.98. The van der Waals surface area contributed by atoms with E-state index in [-0.39, 0.29) is 5.41 Å². The van der Waals surface area contributed by atoms with Gasteiger partial charge >= 0.3 is 0 Å².